The Kier molecular flexibility index (Phi) is 8.18. The molecule has 0 aromatic heterocycles. The van der Waals surface area contributed by atoms with E-state index in [1.54, 1.807) is 5.57 Å². The molecule has 0 bridgehead atoms. The van der Waals surface area contributed by atoms with Crippen LogP contribution in [0.4, 0.5) is 0 Å². The number of unbranched alkanes of at least 4 members (excludes halogenated alkanes) is 5. The summed E-state index contributed by atoms with van der Waals surface area (Å²) in [5, 5.41) is 0. The topological polar surface area (TPSA) is 0 Å². The van der Waals surface area contributed by atoms with Crippen LogP contribution < -0.4 is 0 Å². The molecular weight excluding hydrogens is 156 g/mol. The highest BCUT2D eigenvalue weighted by Crippen LogP contribution is 2.13. The van der Waals surface area contributed by atoms with E-state index < -0.39 is 0 Å². The molecule has 0 unspecified atom stereocenters. The molecule has 0 aliphatic heterocycles. The Balaban J connectivity index is 3.22. The molecule has 0 aliphatic rings. The summed E-state index contributed by atoms with van der Waals surface area (Å²) in [6.07, 6.45) is 9.77. The molecule has 0 fully saturated rings. The third-order valence-electron chi connectivity index (χ3n) is 2.76. The first-order valence-electron chi connectivity index (χ1n) is 5.81. The third-order valence-corrected chi connectivity index (χ3v) is 2.76. The standard InChI is InChI=1S/C13H26/c1-5-6-7-8-9-10-11-13(4)12(2)3/h5-11H2,1-4H3. The molecule has 78 valence electrons. The lowest BCUT2D eigenvalue weighted by Crippen LogP contribution is -1.83. The van der Waals surface area contributed by atoms with Gasteiger partial charge in [-0.05, 0) is 33.6 Å². The van der Waals surface area contributed by atoms with Crippen LogP contribution in [0.5, 0.6) is 0 Å². The first kappa shape index (κ1) is 12.7. The first-order valence-corrected chi connectivity index (χ1v) is 5.81. The summed E-state index contributed by atoms with van der Waals surface area (Å²) in [5.74, 6) is 0. The Morgan fingerprint density at radius 3 is 1.85 bits per heavy atom. The third kappa shape index (κ3) is 8.08. The lowest BCUT2D eigenvalue weighted by molar-refractivity contribution is 0.605. The monoisotopic (exact) mass is 182 g/mol. The van der Waals surface area contributed by atoms with Crippen molar-refractivity contribution in [3.8, 4) is 0 Å². The van der Waals surface area contributed by atoms with Crippen molar-refractivity contribution in [3.63, 3.8) is 0 Å². The molecule has 0 nitrogen and oxygen atoms in total. The van der Waals surface area contributed by atoms with Crippen LogP contribution in [-0.4, -0.2) is 0 Å². The number of hydrogen-bond donors (Lipinski definition) is 0. The second-order valence-corrected chi connectivity index (χ2v) is 4.30. The summed E-state index contributed by atoms with van der Waals surface area (Å²) in [6.45, 7) is 8.97. The Labute approximate surface area is 84.4 Å². The van der Waals surface area contributed by atoms with Gasteiger partial charge in [0, 0.05) is 0 Å². The van der Waals surface area contributed by atoms with Gasteiger partial charge in [0.15, 0.2) is 0 Å². The predicted molar refractivity (Wildman–Crippen MR) is 62.0 cm³/mol. The van der Waals surface area contributed by atoms with Crippen LogP contribution in [0.2, 0.25) is 0 Å². The Morgan fingerprint density at radius 2 is 1.31 bits per heavy atom. The predicted octanol–water partition coefficient (Wildman–Crippen LogP) is 5.09. The highest BCUT2D eigenvalue weighted by atomic mass is 14.0. The molecule has 0 heterocycles. The van der Waals surface area contributed by atoms with E-state index >= 15 is 0 Å². The molecule has 0 aliphatic carbocycles. The van der Waals surface area contributed by atoms with Crippen LogP contribution in [0.25, 0.3) is 0 Å². The van der Waals surface area contributed by atoms with E-state index in [4.69, 9.17) is 0 Å². The van der Waals surface area contributed by atoms with E-state index in [2.05, 4.69) is 27.7 Å². The SMILES string of the molecule is CCCCCCCCC(C)=C(C)C. The van der Waals surface area contributed by atoms with Crippen LogP contribution in [0.15, 0.2) is 11.1 Å². The van der Waals surface area contributed by atoms with Gasteiger partial charge < -0.3 is 0 Å². The van der Waals surface area contributed by atoms with Crippen molar-refractivity contribution in [2.45, 2.75) is 72.6 Å². The van der Waals surface area contributed by atoms with E-state index in [0.717, 1.165) is 0 Å². The van der Waals surface area contributed by atoms with Gasteiger partial charge in [-0.25, -0.2) is 0 Å². The maximum absolute atomic E-state index is 2.27. The summed E-state index contributed by atoms with van der Waals surface area (Å²) in [5.41, 5.74) is 3.10. The Bertz CT molecular complexity index is 138. The van der Waals surface area contributed by atoms with Crippen molar-refractivity contribution in [3.05, 3.63) is 11.1 Å². The number of allylic oxidation sites excluding steroid dienone is 2. The number of rotatable bonds is 7. The first-order chi connectivity index (χ1) is 6.18. The van der Waals surface area contributed by atoms with Gasteiger partial charge >= 0.3 is 0 Å². The van der Waals surface area contributed by atoms with Gasteiger partial charge in [0.25, 0.3) is 0 Å². The Morgan fingerprint density at radius 1 is 0.769 bits per heavy atom. The van der Waals surface area contributed by atoms with Gasteiger partial charge in [-0.15, -0.1) is 0 Å². The quantitative estimate of drug-likeness (QED) is 0.380. The Hall–Kier alpha value is -0.260. The van der Waals surface area contributed by atoms with Crippen molar-refractivity contribution in [2.75, 3.05) is 0 Å². The number of hydrogen-bond acceptors (Lipinski definition) is 0. The van der Waals surface area contributed by atoms with Crippen LogP contribution in [0.3, 0.4) is 0 Å². The molecule has 13 heavy (non-hydrogen) atoms. The zero-order valence-corrected chi connectivity index (χ0v) is 9.95. The van der Waals surface area contributed by atoms with E-state index in [0.29, 0.717) is 0 Å². The maximum Gasteiger partial charge on any atom is -0.0321 e. The lowest BCUT2D eigenvalue weighted by atomic mass is 10.0. The maximum atomic E-state index is 2.27. The fourth-order valence-corrected chi connectivity index (χ4v) is 1.42. The zero-order chi connectivity index (χ0) is 10.1. The van der Waals surface area contributed by atoms with Gasteiger partial charge in [0.2, 0.25) is 0 Å². The van der Waals surface area contributed by atoms with Crippen LogP contribution in [-0.2, 0) is 0 Å². The minimum atomic E-state index is 1.31. The average Bonchev–Trinajstić information content (AvgIpc) is 2.10. The molecule has 0 heteroatoms. The van der Waals surface area contributed by atoms with E-state index in [1.807, 2.05) is 0 Å². The van der Waals surface area contributed by atoms with Crippen molar-refractivity contribution >= 4 is 0 Å². The molecule has 0 rings (SSSR count). The highest BCUT2D eigenvalue weighted by molar-refractivity contribution is 5.06. The molecule has 0 radical (unpaired) electrons. The van der Waals surface area contributed by atoms with Gasteiger partial charge in [0.05, 0.1) is 0 Å². The summed E-state index contributed by atoms with van der Waals surface area (Å²) in [4.78, 5) is 0. The summed E-state index contributed by atoms with van der Waals surface area (Å²) >= 11 is 0. The molecule has 0 saturated carbocycles. The average molecular weight is 182 g/mol. The van der Waals surface area contributed by atoms with Crippen LogP contribution in [0, 0.1) is 0 Å². The second-order valence-electron chi connectivity index (χ2n) is 4.30. The summed E-state index contributed by atoms with van der Waals surface area (Å²) in [6, 6.07) is 0. The fraction of sp³-hybridized carbons (Fsp3) is 0.846. The van der Waals surface area contributed by atoms with E-state index in [1.165, 1.54) is 50.5 Å². The van der Waals surface area contributed by atoms with E-state index in [-0.39, 0.29) is 0 Å². The lowest BCUT2D eigenvalue weighted by Gasteiger charge is -2.03. The van der Waals surface area contributed by atoms with E-state index in [9.17, 15) is 0 Å². The minimum Gasteiger partial charge on any atom is -0.0775 e. The van der Waals surface area contributed by atoms with Gasteiger partial charge in [-0.1, -0.05) is 50.2 Å². The van der Waals surface area contributed by atoms with Crippen molar-refractivity contribution < 1.29 is 0 Å². The molecular formula is C13H26. The largest absolute Gasteiger partial charge is 0.0775 e. The van der Waals surface area contributed by atoms with Crippen LogP contribution >= 0.6 is 0 Å². The molecule has 0 saturated heterocycles. The van der Waals surface area contributed by atoms with Crippen molar-refractivity contribution in [2.24, 2.45) is 0 Å². The summed E-state index contributed by atoms with van der Waals surface area (Å²) < 4.78 is 0. The molecule has 0 spiro atoms. The molecule has 0 N–H and O–H groups in total. The van der Waals surface area contributed by atoms with Crippen LogP contribution in [0.1, 0.15) is 72.6 Å². The minimum absolute atomic E-state index is 1.31. The van der Waals surface area contributed by atoms with Gasteiger partial charge in [0.1, 0.15) is 0 Å². The molecule has 0 atom stereocenters. The molecule has 0 amide bonds. The molecule has 0 aromatic rings. The smallest absolute Gasteiger partial charge is 0.0321 e. The highest BCUT2D eigenvalue weighted by Gasteiger charge is 1.93. The summed E-state index contributed by atoms with van der Waals surface area (Å²) in [7, 11) is 0. The normalized spacial score (nSPS) is 10.2. The fourth-order valence-electron chi connectivity index (χ4n) is 1.42. The van der Waals surface area contributed by atoms with Gasteiger partial charge in [-0.3, -0.25) is 0 Å². The molecule has 0 aromatic carbocycles. The zero-order valence-electron chi connectivity index (χ0n) is 9.95. The van der Waals surface area contributed by atoms with Crippen molar-refractivity contribution in [1.29, 1.82) is 0 Å². The van der Waals surface area contributed by atoms with Gasteiger partial charge in [-0.2, -0.15) is 0 Å². The van der Waals surface area contributed by atoms with Crippen molar-refractivity contribution in [1.82, 2.24) is 0 Å². The second kappa shape index (κ2) is 8.34.